The van der Waals surface area contributed by atoms with Gasteiger partial charge in [-0.1, -0.05) is 30.3 Å². The van der Waals surface area contributed by atoms with Crippen LogP contribution in [-0.4, -0.2) is 24.3 Å². The molecular formula is C21H19N3O3S. The van der Waals surface area contributed by atoms with Crippen LogP contribution >= 0.6 is 0 Å². The number of nitrogens with zero attached hydrogens (tertiary/aromatic N) is 2. The number of fused-ring (bicyclic) bond motifs is 1. The van der Waals surface area contributed by atoms with Gasteiger partial charge in [-0.3, -0.25) is 4.98 Å². The molecule has 2 heterocycles. The van der Waals surface area contributed by atoms with Crippen LogP contribution < -0.4 is 5.32 Å². The molecule has 6 nitrogen and oxygen atoms in total. The van der Waals surface area contributed by atoms with Gasteiger partial charge in [-0.2, -0.15) is 0 Å². The van der Waals surface area contributed by atoms with Crippen LogP contribution in [0.15, 0.2) is 82.8 Å². The van der Waals surface area contributed by atoms with Gasteiger partial charge in [-0.15, -0.1) is 0 Å². The summed E-state index contributed by atoms with van der Waals surface area (Å²) in [5, 5.41) is 2.88. The zero-order valence-electron chi connectivity index (χ0n) is 15.1. The van der Waals surface area contributed by atoms with E-state index in [0.717, 1.165) is 16.7 Å². The molecule has 0 fully saturated rings. The van der Waals surface area contributed by atoms with Gasteiger partial charge in [-0.05, 0) is 47.0 Å². The van der Waals surface area contributed by atoms with E-state index >= 15 is 0 Å². The highest BCUT2D eigenvalue weighted by atomic mass is 32.2. The normalized spacial score (nSPS) is 13.2. The van der Waals surface area contributed by atoms with Crippen molar-refractivity contribution in [1.29, 1.82) is 0 Å². The Labute approximate surface area is 163 Å². The molecule has 2 amide bonds. The zero-order valence-corrected chi connectivity index (χ0v) is 15.9. The van der Waals surface area contributed by atoms with E-state index in [1.165, 1.54) is 0 Å². The van der Waals surface area contributed by atoms with Crippen molar-refractivity contribution in [2.75, 3.05) is 0 Å². The van der Waals surface area contributed by atoms with Crippen LogP contribution in [0.4, 0.5) is 4.79 Å². The summed E-state index contributed by atoms with van der Waals surface area (Å²) in [6.45, 7) is 1.44. The standard InChI is InChI=1S/C21H19N3O3S/c25-21(24-14-17-10-11-22-13-18(17)15-24)23-12-16-6-8-20(9-7-16)28(26,27)19-4-2-1-3-5-19/h1-11,13H,12,14-15H2,(H,23,25). The highest BCUT2D eigenvalue weighted by Gasteiger charge is 2.23. The molecule has 0 spiro atoms. The average molecular weight is 393 g/mol. The Morgan fingerprint density at radius 1 is 0.929 bits per heavy atom. The van der Waals surface area contributed by atoms with Crippen LogP contribution in [0.3, 0.4) is 0 Å². The summed E-state index contributed by atoms with van der Waals surface area (Å²) in [4.78, 5) is 18.7. The lowest BCUT2D eigenvalue weighted by molar-refractivity contribution is 0.198. The number of carbonyl (C=O) groups is 1. The third kappa shape index (κ3) is 3.61. The molecule has 7 heteroatoms. The quantitative estimate of drug-likeness (QED) is 0.739. The van der Waals surface area contributed by atoms with Gasteiger partial charge in [0.05, 0.1) is 9.79 Å². The van der Waals surface area contributed by atoms with E-state index < -0.39 is 9.84 Å². The second-order valence-electron chi connectivity index (χ2n) is 6.62. The van der Waals surface area contributed by atoms with Gasteiger partial charge in [0.15, 0.2) is 0 Å². The minimum absolute atomic E-state index is 0.155. The van der Waals surface area contributed by atoms with Crippen LogP contribution in [0, 0.1) is 0 Å². The molecule has 1 aliphatic rings. The van der Waals surface area contributed by atoms with E-state index in [1.807, 2.05) is 6.07 Å². The lowest BCUT2D eigenvalue weighted by Gasteiger charge is -2.16. The molecule has 0 saturated heterocycles. The third-order valence-electron chi connectivity index (χ3n) is 4.75. The van der Waals surface area contributed by atoms with Crippen molar-refractivity contribution >= 4 is 15.9 Å². The summed E-state index contributed by atoms with van der Waals surface area (Å²) in [5.74, 6) is 0. The average Bonchev–Trinajstić information content (AvgIpc) is 3.17. The predicted molar refractivity (Wildman–Crippen MR) is 104 cm³/mol. The SMILES string of the molecule is O=C(NCc1ccc(S(=O)(=O)c2ccccc2)cc1)N1Cc2ccncc2C1. The molecule has 4 rings (SSSR count). The van der Waals surface area contributed by atoms with Crippen LogP contribution in [0.2, 0.25) is 0 Å². The van der Waals surface area contributed by atoms with Gasteiger partial charge in [0.2, 0.25) is 9.84 Å². The summed E-state index contributed by atoms with van der Waals surface area (Å²) < 4.78 is 25.2. The summed E-state index contributed by atoms with van der Waals surface area (Å²) >= 11 is 0. The number of benzene rings is 2. The van der Waals surface area contributed by atoms with Crippen molar-refractivity contribution in [2.45, 2.75) is 29.4 Å². The highest BCUT2D eigenvalue weighted by Crippen LogP contribution is 2.22. The first kappa shape index (κ1) is 18.2. The van der Waals surface area contributed by atoms with Gasteiger partial charge in [0.25, 0.3) is 0 Å². The summed E-state index contributed by atoms with van der Waals surface area (Å²) in [6, 6.07) is 16.7. The Morgan fingerprint density at radius 2 is 1.61 bits per heavy atom. The Balaban J connectivity index is 1.38. The van der Waals surface area contributed by atoms with Crippen LogP contribution in [-0.2, 0) is 29.5 Å². The first-order chi connectivity index (χ1) is 13.5. The summed E-state index contributed by atoms with van der Waals surface area (Å²) in [7, 11) is -3.53. The molecule has 1 aromatic heterocycles. The number of sulfone groups is 1. The van der Waals surface area contributed by atoms with Crippen molar-refractivity contribution in [2.24, 2.45) is 0 Å². The van der Waals surface area contributed by atoms with Gasteiger partial charge < -0.3 is 10.2 Å². The molecule has 2 aromatic carbocycles. The Bertz CT molecular complexity index is 1070. The van der Waals surface area contributed by atoms with E-state index in [-0.39, 0.29) is 15.8 Å². The van der Waals surface area contributed by atoms with Gasteiger partial charge in [0, 0.05) is 32.0 Å². The maximum absolute atomic E-state index is 12.6. The highest BCUT2D eigenvalue weighted by molar-refractivity contribution is 7.91. The van der Waals surface area contributed by atoms with Crippen molar-refractivity contribution in [3.8, 4) is 0 Å². The molecule has 1 aliphatic heterocycles. The van der Waals surface area contributed by atoms with Crippen LogP contribution in [0.1, 0.15) is 16.7 Å². The van der Waals surface area contributed by atoms with Crippen molar-refractivity contribution in [3.63, 3.8) is 0 Å². The first-order valence-electron chi connectivity index (χ1n) is 8.88. The van der Waals surface area contributed by atoms with Gasteiger partial charge >= 0.3 is 6.03 Å². The number of hydrogen-bond acceptors (Lipinski definition) is 4. The number of aromatic nitrogens is 1. The molecule has 0 bridgehead atoms. The molecule has 0 unspecified atom stereocenters. The summed E-state index contributed by atoms with van der Waals surface area (Å²) in [5.41, 5.74) is 3.01. The minimum Gasteiger partial charge on any atom is -0.334 e. The first-order valence-corrected chi connectivity index (χ1v) is 10.4. The number of nitrogens with one attached hydrogen (secondary N) is 1. The van der Waals surface area contributed by atoms with Crippen molar-refractivity contribution in [3.05, 3.63) is 89.7 Å². The second kappa shape index (κ2) is 7.44. The van der Waals surface area contributed by atoms with E-state index in [9.17, 15) is 13.2 Å². The topological polar surface area (TPSA) is 79.4 Å². The van der Waals surface area contributed by atoms with Crippen molar-refractivity contribution in [1.82, 2.24) is 15.2 Å². The fourth-order valence-corrected chi connectivity index (χ4v) is 4.46. The maximum atomic E-state index is 12.6. The third-order valence-corrected chi connectivity index (χ3v) is 6.53. The number of pyridine rings is 1. The summed E-state index contributed by atoms with van der Waals surface area (Å²) in [6.07, 6.45) is 3.51. The van der Waals surface area contributed by atoms with Gasteiger partial charge in [-0.25, -0.2) is 13.2 Å². The minimum atomic E-state index is -3.53. The molecular weight excluding hydrogens is 374 g/mol. The molecule has 28 heavy (non-hydrogen) atoms. The van der Waals surface area contributed by atoms with E-state index in [4.69, 9.17) is 0 Å². The Hall–Kier alpha value is -3.19. The van der Waals surface area contributed by atoms with E-state index in [1.54, 1.807) is 71.9 Å². The van der Waals surface area contributed by atoms with Gasteiger partial charge in [0.1, 0.15) is 0 Å². The largest absolute Gasteiger partial charge is 0.334 e. The lowest BCUT2D eigenvalue weighted by atomic mass is 10.2. The molecule has 3 aromatic rings. The molecule has 0 saturated carbocycles. The maximum Gasteiger partial charge on any atom is 0.318 e. The Morgan fingerprint density at radius 3 is 2.32 bits per heavy atom. The molecule has 1 N–H and O–H groups in total. The monoisotopic (exact) mass is 393 g/mol. The molecule has 0 atom stereocenters. The molecule has 142 valence electrons. The number of amides is 2. The Kier molecular flexibility index (Phi) is 4.83. The smallest absolute Gasteiger partial charge is 0.318 e. The molecule has 0 aliphatic carbocycles. The fraction of sp³-hybridized carbons (Fsp3) is 0.143. The molecule has 0 radical (unpaired) electrons. The number of rotatable bonds is 4. The predicted octanol–water partition coefficient (Wildman–Crippen LogP) is 3.14. The second-order valence-corrected chi connectivity index (χ2v) is 8.57. The zero-order chi connectivity index (χ0) is 19.6. The number of hydrogen-bond donors (Lipinski definition) is 1. The van der Waals surface area contributed by atoms with E-state index in [0.29, 0.717) is 19.6 Å². The van der Waals surface area contributed by atoms with E-state index in [2.05, 4.69) is 10.3 Å². The lowest BCUT2D eigenvalue weighted by Crippen LogP contribution is -2.35. The van der Waals surface area contributed by atoms with Crippen molar-refractivity contribution < 1.29 is 13.2 Å². The van der Waals surface area contributed by atoms with Crippen LogP contribution in [0.5, 0.6) is 0 Å². The number of urea groups is 1. The van der Waals surface area contributed by atoms with Crippen LogP contribution in [0.25, 0.3) is 0 Å². The number of carbonyl (C=O) groups excluding carboxylic acids is 1. The fourth-order valence-electron chi connectivity index (χ4n) is 3.18.